The van der Waals surface area contributed by atoms with Crippen LogP contribution in [0.1, 0.15) is 57.6 Å². The lowest BCUT2D eigenvalue weighted by atomic mass is 9.99. The Labute approximate surface area is 106 Å². The second-order valence-electron chi connectivity index (χ2n) is 5.88. The standard InChI is InChI=1S/C15H26N2/c1-10(2)6-13-8-14(7-11(3)4)17-15(9-13)12(5)16/h8-12H,6-7,16H2,1-5H3. The molecule has 0 aliphatic heterocycles. The van der Waals surface area contributed by atoms with Gasteiger partial charge in [-0.05, 0) is 49.3 Å². The van der Waals surface area contributed by atoms with Crippen molar-refractivity contribution in [2.45, 2.75) is 53.5 Å². The third-order valence-electron chi connectivity index (χ3n) is 2.69. The lowest BCUT2D eigenvalue weighted by Crippen LogP contribution is -2.11. The Balaban J connectivity index is 3.00. The molecule has 2 N–H and O–H groups in total. The van der Waals surface area contributed by atoms with E-state index in [1.54, 1.807) is 0 Å². The first-order valence-corrected chi connectivity index (χ1v) is 6.63. The molecule has 0 bridgehead atoms. The predicted molar refractivity (Wildman–Crippen MR) is 73.9 cm³/mol. The SMILES string of the molecule is CC(C)Cc1cc(CC(C)C)nc(C(C)N)c1. The number of aromatic nitrogens is 1. The number of rotatable bonds is 5. The summed E-state index contributed by atoms with van der Waals surface area (Å²) in [6, 6.07) is 4.42. The van der Waals surface area contributed by atoms with Crippen LogP contribution in [-0.4, -0.2) is 4.98 Å². The van der Waals surface area contributed by atoms with E-state index in [1.807, 2.05) is 6.92 Å². The zero-order valence-corrected chi connectivity index (χ0v) is 11.8. The summed E-state index contributed by atoms with van der Waals surface area (Å²) < 4.78 is 0. The van der Waals surface area contributed by atoms with Crippen molar-refractivity contribution in [2.24, 2.45) is 17.6 Å². The molecule has 17 heavy (non-hydrogen) atoms. The monoisotopic (exact) mass is 234 g/mol. The minimum absolute atomic E-state index is 0.0213. The lowest BCUT2D eigenvalue weighted by Gasteiger charge is -2.13. The maximum absolute atomic E-state index is 5.95. The van der Waals surface area contributed by atoms with Crippen molar-refractivity contribution < 1.29 is 0 Å². The number of hydrogen-bond acceptors (Lipinski definition) is 2. The number of pyridine rings is 1. The van der Waals surface area contributed by atoms with Crippen molar-refractivity contribution >= 4 is 0 Å². The van der Waals surface area contributed by atoms with Gasteiger partial charge in [0.2, 0.25) is 0 Å². The first-order valence-electron chi connectivity index (χ1n) is 6.63. The van der Waals surface area contributed by atoms with E-state index in [-0.39, 0.29) is 6.04 Å². The average Bonchev–Trinajstić information content (AvgIpc) is 2.14. The quantitative estimate of drug-likeness (QED) is 0.847. The molecular weight excluding hydrogens is 208 g/mol. The van der Waals surface area contributed by atoms with Crippen molar-refractivity contribution in [2.75, 3.05) is 0 Å². The van der Waals surface area contributed by atoms with Gasteiger partial charge in [-0.2, -0.15) is 0 Å². The van der Waals surface area contributed by atoms with Gasteiger partial charge in [0, 0.05) is 11.7 Å². The number of nitrogens with zero attached hydrogens (tertiary/aromatic N) is 1. The van der Waals surface area contributed by atoms with Crippen molar-refractivity contribution in [1.29, 1.82) is 0 Å². The van der Waals surface area contributed by atoms with Crippen LogP contribution in [-0.2, 0) is 12.8 Å². The maximum atomic E-state index is 5.95. The zero-order chi connectivity index (χ0) is 13.0. The smallest absolute Gasteiger partial charge is 0.0574 e. The van der Waals surface area contributed by atoms with E-state index in [1.165, 1.54) is 11.3 Å². The van der Waals surface area contributed by atoms with Crippen LogP contribution in [0.15, 0.2) is 12.1 Å². The second kappa shape index (κ2) is 6.15. The molecule has 1 aromatic rings. The van der Waals surface area contributed by atoms with Crippen LogP contribution in [0, 0.1) is 11.8 Å². The van der Waals surface area contributed by atoms with Crippen molar-refractivity contribution in [3.05, 3.63) is 29.1 Å². The van der Waals surface area contributed by atoms with Crippen LogP contribution in [0.25, 0.3) is 0 Å². The highest BCUT2D eigenvalue weighted by Gasteiger charge is 2.09. The minimum atomic E-state index is 0.0213. The molecule has 1 rings (SSSR count). The fourth-order valence-electron chi connectivity index (χ4n) is 2.02. The van der Waals surface area contributed by atoms with Crippen LogP contribution in [0.3, 0.4) is 0 Å². The van der Waals surface area contributed by atoms with Gasteiger partial charge in [-0.15, -0.1) is 0 Å². The van der Waals surface area contributed by atoms with Gasteiger partial charge in [0.25, 0.3) is 0 Å². The molecule has 1 aromatic heterocycles. The first kappa shape index (κ1) is 14.2. The van der Waals surface area contributed by atoms with Crippen LogP contribution in [0.2, 0.25) is 0 Å². The highest BCUT2D eigenvalue weighted by Crippen LogP contribution is 2.17. The van der Waals surface area contributed by atoms with Crippen LogP contribution in [0.4, 0.5) is 0 Å². The highest BCUT2D eigenvalue weighted by molar-refractivity contribution is 5.24. The number of nitrogens with two attached hydrogens (primary N) is 1. The van der Waals surface area contributed by atoms with E-state index in [4.69, 9.17) is 5.73 Å². The molecule has 1 heterocycles. The summed E-state index contributed by atoms with van der Waals surface area (Å²) in [5, 5.41) is 0. The van der Waals surface area contributed by atoms with Crippen molar-refractivity contribution in [3.8, 4) is 0 Å². The Morgan fingerprint density at radius 3 is 2.06 bits per heavy atom. The average molecular weight is 234 g/mol. The Bertz CT molecular complexity index is 326. The second-order valence-corrected chi connectivity index (χ2v) is 5.88. The van der Waals surface area contributed by atoms with E-state index >= 15 is 0 Å². The van der Waals surface area contributed by atoms with Crippen LogP contribution >= 0.6 is 0 Å². The van der Waals surface area contributed by atoms with Gasteiger partial charge in [-0.1, -0.05) is 27.7 Å². The third kappa shape index (κ3) is 4.86. The topological polar surface area (TPSA) is 38.9 Å². The Kier molecular flexibility index (Phi) is 5.13. The fourth-order valence-corrected chi connectivity index (χ4v) is 2.02. The normalized spacial score (nSPS) is 13.4. The lowest BCUT2D eigenvalue weighted by molar-refractivity contribution is 0.618. The Morgan fingerprint density at radius 2 is 1.59 bits per heavy atom. The summed E-state index contributed by atoms with van der Waals surface area (Å²) in [6.45, 7) is 10.9. The summed E-state index contributed by atoms with van der Waals surface area (Å²) in [5.41, 5.74) is 9.54. The zero-order valence-electron chi connectivity index (χ0n) is 11.8. The largest absolute Gasteiger partial charge is 0.323 e. The van der Waals surface area contributed by atoms with Gasteiger partial charge < -0.3 is 5.73 Å². The Morgan fingerprint density at radius 1 is 1.00 bits per heavy atom. The molecule has 1 unspecified atom stereocenters. The molecule has 0 saturated heterocycles. The number of hydrogen-bond donors (Lipinski definition) is 1. The molecule has 0 radical (unpaired) electrons. The van der Waals surface area contributed by atoms with Gasteiger partial charge in [-0.3, -0.25) is 4.98 Å². The van der Waals surface area contributed by atoms with Gasteiger partial charge in [0.05, 0.1) is 5.69 Å². The molecule has 0 spiro atoms. The molecule has 0 saturated carbocycles. The molecule has 0 amide bonds. The summed E-state index contributed by atoms with van der Waals surface area (Å²) in [4.78, 5) is 4.66. The van der Waals surface area contributed by atoms with E-state index < -0.39 is 0 Å². The fraction of sp³-hybridized carbons (Fsp3) is 0.667. The predicted octanol–water partition coefficient (Wildman–Crippen LogP) is 3.50. The van der Waals surface area contributed by atoms with Gasteiger partial charge in [0.1, 0.15) is 0 Å². The molecule has 0 fully saturated rings. The molecule has 0 aromatic carbocycles. The van der Waals surface area contributed by atoms with E-state index in [2.05, 4.69) is 44.8 Å². The van der Waals surface area contributed by atoms with Gasteiger partial charge >= 0.3 is 0 Å². The van der Waals surface area contributed by atoms with Crippen LogP contribution < -0.4 is 5.73 Å². The molecule has 2 nitrogen and oxygen atoms in total. The van der Waals surface area contributed by atoms with E-state index in [0.29, 0.717) is 11.8 Å². The van der Waals surface area contributed by atoms with Crippen LogP contribution in [0.5, 0.6) is 0 Å². The first-order chi connectivity index (χ1) is 7.88. The molecule has 1 atom stereocenters. The van der Waals surface area contributed by atoms with E-state index in [0.717, 1.165) is 18.5 Å². The van der Waals surface area contributed by atoms with E-state index in [9.17, 15) is 0 Å². The maximum Gasteiger partial charge on any atom is 0.0574 e. The molecule has 96 valence electrons. The van der Waals surface area contributed by atoms with Gasteiger partial charge in [-0.25, -0.2) is 0 Å². The summed E-state index contributed by atoms with van der Waals surface area (Å²) >= 11 is 0. The minimum Gasteiger partial charge on any atom is -0.323 e. The summed E-state index contributed by atoms with van der Waals surface area (Å²) in [5.74, 6) is 1.31. The van der Waals surface area contributed by atoms with Crippen molar-refractivity contribution in [1.82, 2.24) is 4.98 Å². The molecular formula is C15H26N2. The van der Waals surface area contributed by atoms with Crippen molar-refractivity contribution in [3.63, 3.8) is 0 Å². The summed E-state index contributed by atoms with van der Waals surface area (Å²) in [6.07, 6.45) is 2.14. The third-order valence-corrected chi connectivity index (χ3v) is 2.69. The molecule has 0 aliphatic carbocycles. The summed E-state index contributed by atoms with van der Waals surface area (Å²) in [7, 11) is 0. The Hall–Kier alpha value is -0.890. The molecule has 0 aliphatic rings. The highest BCUT2D eigenvalue weighted by atomic mass is 14.8. The van der Waals surface area contributed by atoms with Gasteiger partial charge in [0.15, 0.2) is 0 Å². The molecule has 2 heteroatoms.